The van der Waals surface area contributed by atoms with Crippen molar-refractivity contribution in [2.75, 3.05) is 17.7 Å². The minimum atomic E-state index is -0.416. The quantitative estimate of drug-likeness (QED) is 0.513. The van der Waals surface area contributed by atoms with Crippen molar-refractivity contribution >= 4 is 45.6 Å². The number of thiophene rings is 1. The van der Waals surface area contributed by atoms with Gasteiger partial charge in [0, 0.05) is 11.1 Å². The molecule has 0 spiro atoms. The first-order valence-electron chi connectivity index (χ1n) is 8.00. The smallest absolute Gasteiger partial charge is 0.341 e. The maximum atomic E-state index is 12.4. The number of nitrogens with zero attached hydrogens (tertiary/aromatic N) is 3. The summed E-state index contributed by atoms with van der Waals surface area (Å²) in [5, 5.41) is 12.1. The highest BCUT2D eigenvalue weighted by atomic mass is 32.2. The van der Waals surface area contributed by atoms with Crippen molar-refractivity contribution < 1.29 is 14.3 Å². The lowest BCUT2D eigenvalue weighted by molar-refractivity contribution is -0.113. The number of pyridine rings is 1. The van der Waals surface area contributed by atoms with Gasteiger partial charge in [0.1, 0.15) is 5.00 Å². The van der Waals surface area contributed by atoms with Crippen molar-refractivity contribution in [1.29, 1.82) is 0 Å². The van der Waals surface area contributed by atoms with Crippen molar-refractivity contribution in [3.63, 3.8) is 0 Å². The number of carbonyl (C=O) groups is 2. The van der Waals surface area contributed by atoms with E-state index < -0.39 is 5.97 Å². The monoisotopic (exact) mass is 390 g/mol. The number of fused-ring (bicyclic) bond motifs is 1. The number of hydrogen-bond donors (Lipinski definition) is 1. The van der Waals surface area contributed by atoms with Crippen LogP contribution in [-0.4, -0.2) is 38.8 Å². The van der Waals surface area contributed by atoms with Gasteiger partial charge in [0.2, 0.25) is 5.91 Å². The van der Waals surface area contributed by atoms with Crippen molar-refractivity contribution in [3.05, 3.63) is 40.4 Å². The molecule has 7 nitrogen and oxygen atoms in total. The Kier molecular flexibility index (Phi) is 5.58. The molecule has 136 valence electrons. The maximum Gasteiger partial charge on any atom is 0.341 e. The van der Waals surface area contributed by atoms with Crippen LogP contribution < -0.4 is 5.32 Å². The molecule has 0 unspecified atom stereocenters. The molecular weight excluding hydrogens is 372 g/mol. The molecule has 0 radical (unpaired) electrons. The largest absolute Gasteiger partial charge is 0.462 e. The Balaban J connectivity index is 1.70. The molecule has 0 atom stereocenters. The van der Waals surface area contributed by atoms with E-state index in [-0.39, 0.29) is 18.3 Å². The Morgan fingerprint density at radius 1 is 1.31 bits per heavy atom. The highest BCUT2D eigenvalue weighted by Gasteiger charge is 2.22. The molecule has 0 aliphatic heterocycles. The number of amides is 1. The van der Waals surface area contributed by atoms with Gasteiger partial charge in [-0.2, -0.15) is 0 Å². The van der Waals surface area contributed by atoms with Crippen LogP contribution in [0.1, 0.15) is 27.7 Å². The zero-order valence-corrected chi connectivity index (χ0v) is 16.2. The van der Waals surface area contributed by atoms with Crippen LogP contribution in [0.4, 0.5) is 5.00 Å². The fourth-order valence-electron chi connectivity index (χ4n) is 2.37. The first-order valence-corrected chi connectivity index (χ1v) is 9.81. The average molecular weight is 390 g/mol. The number of ether oxygens (including phenoxy) is 1. The van der Waals surface area contributed by atoms with Crippen LogP contribution in [0, 0.1) is 13.8 Å². The minimum absolute atomic E-state index is 0.161. The van der Waals surface area contributed by atoms with Gasteiger partial charge in [-0.05, 0) is 38.5 Å². The molecule has 3 aromatic rings. The standard InChI is InChI=1S/C17H18N4O3S2/c1-4-24-16(23)14-10(2)11(3)26-15(14)18-13(22)9-25-17-20-19-12-7-5-6-8-21(12)17/h5-8H,4,9H2,1-3H3,(H,18,22). The summed E-state index contributed by atoms with van der Waals surface area (Å²) in [6, 6.07) is 5.60. The van der Waals surface area contributed by atoms with E-state index >= 15 is 0 Å². The number of aryl methyl sites for hydroxylation is 1. The topological polar surface area (TPSA) is 85.6 Å². The highest BCUT2D eigenvalue weighted by Crippen LogP contribution is 2.33. The van der Waals surface area contributed by atoms with Crippen LogP contribution in [0.15, 0.2) is 29.6 Å². The second-order valence-electron chi connectivity index (χ2n) is 5.46. The second-order valence-corrected chi connectivity index (χ2v) is 7.62. The average Bonchev–Trinajstić information content (AvgIpc) is 3.14. The summed E-state index contributed by atoms with van der Waals surface area (Å²) < 4.78 is 6.92. The molecule has 1 N–H and O–H groups in total. The number of thioether (sulfide) groups is 1. The molecular formula is C17H18N4O3S2. The van der Waals surface area contributed by atoms with Crippen molar-refractivity contribution in [2.24, 2.45) is 0 Å². The Labute approximate surface area is 158 Å². The number of carbonyl (C=O) groups excluding carboxylic acids is 2. The minimum Gasteiger partial charge on any atom is -0.462 e. The molecule has 9 heteroatoms. The van der Waals surface area contributed by atoms with E-state index in [2.05, 4.69) is 15.5 Å². The van der Waals surface area contributed by atoms with Gasteiger partial charge in [-0.1, -0.05) is 17.8 Å². The Morgan fingerprint density at radius 2 is 2.12 bits per heavy atom. The molecule has 0 bridgehead atoms. The first-order chi connectivity index (χ1) is 12.5. The number of hydrogen-bond acceptors (Lipinski definition) is 7. The molecule has 3 aromatic heterocycles. The van der Waals surface area contributed by atoms with E-state index in [1.165, 1.54) is 23.1 Å². The van der Waals surface area contributed by atoms with Crippen LogP contribution in [0.2, 0.25) is 0 Å². The lowest BCUT2D eigenvalue weighted by Gasteiger charge is -2.07. The van der Waals surface area contributed by atoms with Crippen LogP contribution in [0.25, 0.3) is 5.65 Å². The van der Waals surface area contributed by atoms with Gasteiger partial charge in [0.15, 0.2) is 10.8 Å². The maximum absolute atomic E-state index is 12.4. The van der Waals surface area contributed by atoms with Crippen molar-refractivity contribution in [2.45, 2.75) is 25.9 Å². The van der Waals surface area contributed by atoms with Crippen molar-refractivity contribution in [3.8, 4) is 0 Å². The van der Waals surface area contributed by atoms with Gasteiger partial charge < -0.3 is 10.1 Å². The summed E-state index contributed by atoms with van der Waals surface area (Å²) in [4.78, 5) is 25.5. The normalized spacial score (nSPS) is 10.9. The summed E-state index contributed by atoms with van der Waals surface area (Å²) >= 11 is 2.66. The Bertz CT molecular complexity index is 964. The summed E-state index contributed by atoms with van der Waals surface area (Å²) in [6.45, 7) is 5.81. The van der Waals surface area contributed by atoms with Gasteiger partial charge in [0.05, 0.1) is 17.9 Å². The van der Waals surface area contributed by atoms with Crippen LogP contribution in [0.3, 0.4) is 0 Å². The van der Waals surface area contributed by atoms with Gasteiger partial charge in [0.25, 0.3) is 0 Å². The summed E-state index contributed by atoms with van der Waals surface area (Å²) in [7, 11) is 0. The third-order valence-electron chi connectivity index (χ3n) is 3.73. The van der Waals surface area contributed by atoms with E-state index in [1.54, 1.807) is 6.92 Å². The van der Waals surface area contributed by atoms with Crippen molar-refractivity contribution in [1.82, 2.24) is 14.6 Å². The van der Waals surface area contributed by atoms with E-state index in [0.29, 0.717) is 15.7 Å². The number of nitrogens with one attached hydrogen (secondary N) is 1. The van der Waals surface area contributed by atoms with Gasteiger partial charge in [-0.25, -0.2) is 4.79 Å². The molecule has 0 saturated heterocycles. The predicted molar refractivity (Wildman–Crippen MR) is 102 cm³/mol. The fraction of sp³-hybridized carbons (Fsp3) is 0.294. The zero-order chi connectivity index (χ0) is 18.7. The molecule has 0 saturated carbocycles. The van der Waals surface area contributed by atoms with E-state index in [9.17, 15) is 9.59 Å². The van der Waals surface area contributed by atoms with E-state index in [1.807, 2.05) is 42.6 Å². The molecule has 3 heterocycles. The SMILES string of the molecule is CCOC(=O)c1c(NC(=O)CSc2nnc3ccccn23)sc(C)c1C. The molecule has 0 fully saturated rings. The third kappa shape index (κ3) is 3.73. The lowest BCUT2D eigenvalue weighted by atomic mass is 10.1. The van der Waals surface area contributed by atoms with Crippen LogP contribution >= 0.6 is 23.1 Å². The van der Waals surface area contributed by atoms with Crippen LogP contribution in [0.5, 0.6) is 0 Å². The lowest BCUT2D eigenvalue weighted by Crippen LogP contribution is -2.16. The van der Waals surface area contributed by atoms with Gasteiger partial charge in [-0.3, -0.25) is 9.20 Å². The predicted octanol–water partition coefficient (Wildman–Crippen LogP) is 3.32. The molecule has 0 aromatic carbocycles. The molecule has 26 heavy (non-hydrogen) atoms. The summed E-state index contributed by atoms with van der Waals surface area (Å²) in [6.07, 6.45) is 1.85. The fourth-order valence-corrected chi connectivity index (χ4v) is 4.16. The first kappa shape index (κ1) is 18.4. The van der Waals surface area contributed by atoms with E-state index in [4.69, 9.17) is 4.74 Å². The Hall–Kier alpha value is -2.39. The Morgan fingerprint density at radius 3 is 2.88 bits per heavy atom. The summed E-state index contributed by atoms with van der Waals surface area (Å²) in [5.41, 5.74) is 1.99. The zero-order valence-electron chi connectivity index (χ0n) is 14.6. The van der Waals surface area contributed by atoms with E-state index in [0.717, 1.165) is 16.1 Å². The third-order valence-corrected chi connectivity index (χ3v) is 5.80. The number of anilines is 1. The number of esters is 1. The second kappa shape index (κ2) is 7.88. The van der Waals surface area contributed by atoms with Crippen LogP contribution in [-0.2, 0) is 9.53 Å². The molecule has 3 rings (SSSR count). The highest BCUT2D eigenvalue weighted by molar-refractivity contribution is 7.99. The van der Waals surface area contributed by atoms with Gasteiger partial charge in [-0.15, -0.1) is 21.5 Å². The molecule has 0 aliphatic carbocycles. The number of aromatic nitrogens is 3. The molecule has 0 aliphatic rings. The molecule has 1 amide bonds. The number of rotatable bonds is 6. The summed E-state index contributed by atoms with van der Waals surface area (Å²) in [5.74, 6) is -0.469. The van der Waals surface area contributed by atoms with Gasteiger partial charge >= 0.3 is 5.97 Å².